The number of allylic oxidation sites excluding steroid dienone is 3. The average molecular weight is 303 g/mol. The second-order valence-corrected chi connectivity index (χ2v) is 5.73. The van der Waals surface area contributed by atoms with Gasteiger partial charge in [0.1, 0.15) is 6.61 Å². The molecule has 0 N–H and O–H groups in total. The summed E-state index contributed by atoms with van der Waals surface area (Å²) < 4.78 is 0. The van der Waals surface area contributed by atoms with Gasteiger partial charge in [0.05, 0.1) is 11.4 Å². The number of benzene rings is 2. The Kier molecular flexibility index (Phi) is 4.45. The van der Waals surface area contributed by atoms with Gasteiger partial charge in [-0.05, 0) is 30.6 Å². The zero-order valence-electron chi connectivity index (χ0n) is 13.6. The van der Waals surface area contributed by atoms with Crippen LogP contribution in [0.4, 0.5) is 0 Å². The molecule has 3 rings (SSSR count). The minimum absolute atomic E-state index is 0.511. The third-order valence-corrected chi connectivity index (χ3v) is 3.96. The van der Waals surface area contributed by atoms with Crippen LogP contribution >= 0.6 is 0 Å². The van der Waals surface area contributed by atoms with Crippen molar-refractivity contribution in [3.05, 3.63) is 101 Å². The maximum absolute atomic E-state index is 6.12. The highest BCUT2D eigenvalue weighted by Gasteiger charge is 2.23. The second-order valence-electron chi connectivity index (χ2n) is 5.73. The predicted molar refractivity (Wildman–Crippen MR) is 95.0 cm³/mol. The molecule has 1 heterocycles. The monoisotopic (exact) mass is 303 g/mol. The van der Waals surface area contributed by atoms with Gasteiger partial charge in [0.2, 0.25) is 0 Å². The number of hydrogen-bond donors (Lipinski definition) is 0. The van der Waals surface area contributed by atoms with E-state index in [1.807, 2.05) is 41.5 Å². The first-order chi connectivity index (χ1) is 11.2. The van der Waals surface area contributed by atoms with Crippen molar-refractivity contribution in [1.82, 2.24) is 5.06 Å². The van der Waals surface area contributed by atoms with Crippen molar-refractivity contribution in [2.45, 2.75) is 20.5 Å². The molecule has 0 aromatic heterocycles. The molecular weight excluding hydrogens is 282 g/mol. The molecule has 0 radical (unpaired) electrons. The third kappa shape index (κ3) is 3.27. The second kappa shape index (κ2) is 6.67. The van der Waals surface area contributed by atoms with Crippen molar-refractivity contribution in [3.8, 4) is 0 Å². The van der Waals surface area contributed by atoms with Gasteiger partial charge in [-0.25, -0.2) is 5.06 Å². The van der Waals surface area contributed by atoms with Crippen LogP contribution in [0.2, 0.25) is 0 Å². The van der Waals surface area contributed by atoms with Gasteiger partial charge < -0.3 is 0 Å². The highest BCUT2D eigenvalue weighted by atomic mass is 16.7. The number of nitrogens with zero attached hydrogens (tertiary/aromatic N) is 1. The first-order valence-electron chi connectivity index (χ1n) is 7.77. The normalized spacial score (nSPS) is 15.0. The SMILES string of the molecule is C=C1C(C)=CC(C)=C(c2ccccc2)N1OCc1ccccc1. The van der Waals surface area contributed by atoms with Gasteiger partial charge in [0.25, 0.3) is 0 Å². The zero-order chi connectivity index (χ0) is 16.2. The molecule has 0 spiro atoms. The van der Waals surface area contributed by atoms with Crippen LogP contribution in [0.15, 0.2) is 90.2 Å². The lowest BCUT2D eigenvalue weighted by Crippen LogP contribution is -2.25. The molecule has 0 aliphatic carbocycles. The van der Waals surface area contributed by atoms with Gasteiger partial charge >= 0.3 is 0 Å². The van der Waals surface area contributed by atoms with Gasteiger partial charge in [-0.3, -0.25) is 4.84 Å². The van der Waals surface area contributed by atoms with Gasteiger partial charge in [-0.15, -0.1) is 0 Å². The van der Waals surface area contributed by atoms with Crippen LogP contribution in [0.1, 0.15) is 25.0 Å². The highest BCUT2D eigenvalue weighted by Crippen LogP contribution is 2.35. The van der Waals surface area contributed by atoms with Crippen molar-refractivity contribution in [3.63, 3.8) is 0 Å². The molecule has 1 aliphatic heterocycles. The molecule has 0 bridgehead atoms. The minimum atomic E-state index is 0.511. The fraction of sp³-hybridized carbons (Fsp3) is 0.143. The summed E-state index contributed by atoms with van der Waals surface area (Å²) in [5.41, 5.74) is 6.49. The van der Waals surface area contributed by atoms with E-state index in [2.05, 4.69) is 50.8 Å². The maximum Gasteiger partial charge on any atom is 0.100 e. The van der Waals surface area contributed by atoms with E-state index in [0.29, 0.717) is 6.61 Å². The van der Waals surface area contributed by atoms with Crippen LogP contribution in [0, 0.1) is 0 Å². The van der Waals surface area contributed by atoms with E-state index >= 15 is 0 Å². The van der Waals surface area contributed by atoms with E-state index < -0.39 is 0 Å². The number of hydroxylamine groups is 2. The Morgan fingerprint density at radius 2 is 1.52 bits per heavy atom. The summed E-state index contributed by atoms with van der Waals surface area (Å²) in [6.45, 7) is 8.88. The lowest BCUT2D eigenvalue weighted by molar-refractivity contribution is -0.0926. The van der Waals surface area contributed by atoms with Crippen LogP contribution in [0.5, 0.6) is 0 Å². The molecule has 0 unspecified atom stereocenters. The maximum atomic E-state index is 6.12. The van der Waals surface area contributed by atoms with E-state index in [9.17, 15) is 0 Å². The lowest BCUT2D eigenvalue weighted by atomic mass is 9.99. The summed E-state index contributed by atoms with van der Waals surface area (Å²) >= 11 is 0. The summed E-state index contributed by atoms with van der Waals surface area (Å²) in [6.07, 6.45) is 2.16. The Labute approximate surface area is 138 Å². The fourth-order valence-electron chi connectivity index (χ4n) is 2.73. The van der Waals surface area contributed by atoms with E-state index in [1.54, 1.807) is 0 Å². The molecule has 0 saturated carbocycles. The Hall–Kier alpha value is -2.58. The topological polar surface area (TPSA) is 12.5 Å². The Morgan fingerprint density at radius 1 is 0.913 bits per heavy atom. The van der Waals surface area contributed by atoms with Gasteiger partial charge in [-0.1, -0.05) is 73.3 Å². The van der Waals surface area contributed by atoms with Crippen molar-refractivity contribution in [2.24, 2.45) is 0 Å². The highest BCUT2D eigenvalue weighted by molar-refractivity contribution is 5.73. The number of hydrogen-bond acceptors (Lipinski definition) is 2. The summed E-state index contributed by atoms with van der Waals surface area (Å²) in [4.78, 5) is 6.12. The molecule has 2 heteroatoms. The zero-order valence-corrected chi connectivity index (χ0v) is 13.6. The quantitative estimate of drug-likeness (QED) is 0.757. The van der Waals surface area contributed by atoms with E-state index in [0.717, 1.165) is 28.1 Å². The summed E-state index contributed by atoms with van der Waals surface area (Å²) in [7, 11) is 0. The van der Waals surface area contributed by atoms with Crippen molar-refractivity contribution in [2.75, 3.05) is 0 Å². The van der Waals surface area contributed by atoms with Crippen LogP contribution < -0.4 is 0 Å². The summed E-state index contributed by atoms with van der Waals surface area (Å²) in [5.74, 6) is 0. The first kappa shape index (κ1) is 15.3. The Balaban J connectivity index is 1.92. The Morgan fingerprint density at radius 3 is 2.17 bits per heavy atom. The standard InChI is InChI=1S/C21H21NO/c1-16-14-17(2)21(20-12-8-5-9-13-20)22(18(16)3)23-15-19-10-6-4-7-11-19/h4-14H,3,15H2,1-2H3. The van der Waals surface area contributed by atoms with Crippen molar-refractivity contribution >= 4 is 5.70 Å². The van der Waals surface area contributed by atoms with Crippen LogP contribution in [-0.2, 0) is 11.4 Å². The molecule has 0 atom stereocenters. The summed E-state index contributed by atoms with van der Waals surface area (Å²) in [6, 6.07) is 20.5. The molecule has 0 amide bonds. The molecule has 2 aromatic carbocycles. The molecule has 0 fully saturated rings. The first-order valence-corrected chi connectivity index (χ1v) is 7.77. The summed E-state index contributed by atoms with van der Waals surface area (Å²) in [5, 5.41) is 1.87. The lowest BCUT2D eigenvalue weighted by Gasteiger charge is -2.33. The molecule has 0 saturated heterocycles. The van der Waals surface area contributed by atoms with Crippen LogP contribution in [-0.4, -0.2) is 5.06 Å². The van der Waals surface area contributed by atoms with E-state index in [-0.39, 0.29) is 0 Å². The molecule has 116 valence electrons. The van der Waals surface area contributed by atoms with Crippen molar-refractivity contribution < 1.29 is 4.84 Å². The minimum Gasteiger partial charge on any atom is -0.264 e. The number of rotatable bonds is 4. The van der Waals surface area contributed by atoms with E-state index in [1.165, 1.54) is 5.57 Å². The van der Waals surface area contributed by atoms with Gasteiger partial charge in [-0.2, -0.15) is 0 Å². The third-order valence-electron chi connectivity index (χ3n) is 3.96. The molecule has 23 heavy (non-hydrogen) atoms. The van der Waals surface area contributed by atoms with E-state index in [4.69, 9.17) is 4.84 Å². The van der Waals surface area contributed by atoms with Gasteiger partial charge in [0.15, 0.2) is 0 Å². The van der Waals surface area contributed by atoms with Gasteiger partial charge in [0, 0.05) is 5.56 Å². The largest absolute Gasteiger partial charge is 0.264 e. The predicted octanol–water partition coefficient (Wildman–Crippen LogP) is 5.33. The smallest absolute Gasteiger partial charge is 0.100 e. The molecule has 2 aromatic rings. The Bertz CT molecular complexity index is 757. The van der Waals surface area contributed by atoms with Crippen LogP contribution in [0.25, 0.3) is 5.70 Å². The van der Waals surface area contributed by atoms with Crippen molar-refractivity contribution in [1.29, 1.82) is 0 Å². The van der Waals surface area contributed by atoms with Crippen LogP contribution in [0.3, 0.4) is 0 Å². The molecule has 2 nitrogen and oxygen atoms in total. The molecular formula is C21H21NO. The average Bonchev–Trinajstić information content (AvgIpc) is 2.58. The molecule has 1 aliphatic rings. The fourth-order valence-corrected chi connectivity index (χ4v) is 2.73.